The number of furan rings is 1. The molecule has 2 rings (SSSR count). The van der Waals surface area contributed by atoms with E-state index in [4.69, 9.17) is 21.3 Å². The van der Waals surface area contributed by atoms with Gasteiger partial charge in [0.15, 0.2) is 6.04 Å². The zero-order valence-corrected chi connectivity index (χ0v) is 10.5. The van der Waals surface area contributed by atoms with Gasteiger partial charge in [0.25, 0.3) is 0 Å². The zero-order chi connectivity index (χ0) is 12.8. The van der Waals surface area contributed by atoms with Crippen LogP contribution in [0.3, 0.4) is 0 Å². The molecule has 1 atom stereocenters. The largest absolute Gasteiger partial charge is 0.467 e. The first kappa shape index (κ1) is 12.7. The summed E-state index contributed by atoms with van der Waals surface area (Å²) in [6.45, 7) is 0.709. The maximum absolute atomic E-state index is 9.04. The molecule has 92 valence electrons. The normalized spacial score (nSPS) is 12.0. The van der Waals surface area contributed by atoms with Gasteiger partial charge in [0, 0.05) is 11.6 Å². The van der Waals surface area contributed by atoms with Crippen LogP contribution < -0.4 is 5.32 Å². The van der Waals surface area contributed by atoms with E-state index < -0.39 is 6.04 Å². The fraction of sp³-hybridized carbons (Fsp3) is 0.214. The number of nitrogens with zero attached hydrogens (tertiary/aromatic N) is 1. The van der Waals surface area contributed by atoms with Gasteiger partial charge in [-0.2, -0.15) is 5.26 Å². The Kier molecular flexibility index (Phi) is 4.40. The van der Waals surface area contributed by atoms with E-state index in [9.17, 15) is 0 Å². The predicted molar refractivity (Wildman–Crippen MR) is 70.2 cm³/mol. The van der Waals surface area contributed by atoms with Gasteiger partial charge < -0.3 is 4.42 Å². The lowest BCUT2D eigenvalue weighted by atomic mass is 10.1. The van der Waals surface area contributed by atoms with E-state index in [0.717, 1.165) is 11.4 Å². The molecular formula is C14H13ClN2O. The first-order valence-corrected chi connectivity index (χ1v) is 6.08. The van der Waals surface area contributed by atoms with Gasteiger partial charge in [0.1, 0.15) is 5.76 Å². The molecule has 1 aromatic heterocycles. The summed E-state index contributed by atoms with van der Waals surface area (Å²) in [7, 11) is 0. The molecule has 0 aliphatic heterocycles. The summed E-state index contributed by atoms with van der Waals surface area (Å²) in [6, 6.07) is 13.1. The highest BCUT2D eigenvalue weighted by Gasteiger charge is 2.11. The van der Waals surface area contributed by atoms with E-state index in [-0.39, 0.29) is 0 Å². The monoisotopic (exact) mass is 260 g/mol. The molecule has 0 fully saturated rings. The van der Waals surface area contributed by atoms with Crippen molar-refractivity contribution in [2.24, 2.45) is 0 Å². The van der Waals surface area contributed by atoms with Gasteiger partial charge in [0.05, 0.1) is 12.3 Å². The van der Waals surface area contributed by atoms with Crippen LogP contribution in [0.25, 0.3) is 0 Å². The molecule has 0 bridgehead atoms. The lowest BCUT2D eigenvalue weighted by molar-refractivity contribution is 0.459. The van der Waals surface area contributed by atoms with E-state index in [1.807, 2.05) is 24.3 Å². The molecule has 1 heterocycles. The SMILES string of the molecule is N#CC(NCCc1ccc(Cl)cc1)c1ccco1. The van der Waals surface area contributed by atoms with E-state index >= 15 is 0 Å². The molecule has 1 N–H and O–H groups in total. The van der Waals surface area contributed by atoms with Gasteiger partial charge in [-0.05, 0) is 36.2 Å². The van der Waals surface area contributed by atoms with Crippen LogP contribution >= 0.6 is 11.6 Å². The highest BCUT2D eigenvalue weighted by Crippen LogP contribution is 2.13. The van der Waals surface area contributed by atoms with Crippen molar-refractivity contribution in [3.63, 3.8) is 0 Å². The second-order valence-corrected chi connectivity index (χ2v) is 4.34. The maximum atomic E-state index is 9.04. The first-order chi connectivity index (χ1) is 8.79. The third-order valence-electron chi connectivity index (χ3n) is 2.63. The van der Waals surface area contributed by atoms with Crippen LogP contribution in [0.15, 0.2) is 47.1 Å². The second-order valence-electron chi connectivity index (χ2n) is 3.91. The van der Waals surface area contributed by atoms with Crippen molar-refractivity contribution in [3.8, 4) is 6.07 Å². The van der Waals surface area contributed by atoms with Crippen LogP contribution in [-0.4, -0.2) is 6.54 Å². The molecule has 0 radical (unpaired) electrons. The molecule has 0 spiro atoms. The van der Waals surface area contributed by atoms with E-state index in [0.29, 0.717) is 12.3 Å². The van der Waals surface area contributed by atoms with Crippen molar-refractivity contribution in [3.05, 3.63) is 59.0 Å². The van der Waals surface area contributed by atoms with Crippen molar-refractivity contribution in [1.82, 2.24) is 5.32 Å². The van der Waals surface area contributed by atoms with Crippen molar-refractivity contribution < 1.29 is 4.42 Å². The van der Waals surface area contributed by atoms with Crippen molar-refractivity contribution >= 4 is 11.6 Å². The van der Waals surface area contributed by atoms with Crippen LogP contribution in [0.1, 0.15) is 17.4 Å². The Bertz CT molecular complexity index is 514. The average Bonchev–Trinajstić information content (AvgIpc) is 2.91. The molecule has 4 heteroatoms. The lowest BCUT2D eigenvalue weighted by Crippen LogP contribution is -2.22. The fourth-order valence-corrected chi connectivity index (χ4v) is 1.80. The lowest BCUT2D eigenvalue weighted by Gasteiger charge is -2.08. The molecule has 0 amide bonds. The Morgan fingerprint density at radius 3 is 2.67 bits per heavy atom. The number of rotatable bonds is 5. The quantitative estimate of drug-likeness (QED) is 0.897. The number of benzene rings is 1. The number of hydrogen-bond acceptors (Lipinski definition) is 3. The van der Waals surface area contributed by atoms with Gasteiger partial charge in [-0.25, -0.2) is 0 Å². The highest BCUT2D eigenvalue weighted by molar-refractivity contribution is 6.30. The fourth-order valence-electron chi connectivity index (χ4n) is 1.68. The van der Waals surface area contributed by atoms with Gasteiger partial charge >= 0.3 is 0 Å². The van der Waals surface area contributed by atoms with Crippen LogP contribution in [0, 0.1) is 11.3 Å². The predicted octanol–water partition coefficient (Wildman–Crippen LogP) is 3.33. The molecule has 1 unspecified atom stereocenters. The smallest absolute Gasteiger partial charge is 0.154 e. The van der Waals surface area contributed by atoms with Crippen LogP contribution in [-0.2, 0) is 6.42 Å². The Hall–Kier alpha value is -1.76. The highest BCUT2D eigenvalue weighted by atomic mass is 35.5. The van der Waals surface area contributed by atoms with Crippen LogP contribution in [0.4, 0.5) is 0 Å². The number of nitriles is 1. The molecule has 18 heavy (non-hydrogen) atoms. The molecule has 3 nitrogen and oxygen atoms in total. The molecule has 0 aliphatic rings. The second kappa shape index (κ2) is 6.25. The summed E-state index contributed by atoms with van der Waals surface area (Å²) in [5.41, 5.74) is 1.18. The Labute approximate surface area is 111 Å². The number of nitrogens with one attached hydrogen (secondary N) is 1. The topological polar surface area (TPSA) is 49.0 Å². The molecule has 0 saturated heterocycles. The van der Waals surface area contributed by atoms with Crippen molar-refractivity contribution in [2.75, 3.05) is 6.54 Å². The summed E-state index contributed by atoms with van der Waals surface area (Å²) < 4.78 is 5.20. The maximum Gasteiger partial charge on any atom is 0.154 e. The van der Waals surface area contributed by atoms with Gasteiger partial charge in [0.2, 0.25) is 0 Å². The summed E-state index contributed by atoms with van der Waals surface area (Å²) in [4.78, 5) is 0. The van der Waals surface area contributed by atoms with Gasteiger partial charge in [-0.3, -0.25) is 5.32 Å². The van der Waals surface area contributed by atoms with Gasteiger partial charge in [-0.1, -0.05) is 23.7 Å². The minimum atomic E-state index is -0.396. The summed E-state index contributed by atoms with van der Waals surface area (Å²) >= 11 is 5.82. The number of hydrogen-bond donors (Lipinski definition) is 1. The average molecular weight is 261 g/mol. The van der Waals surface area contributed by atoms with E-state index in [1.54, 1.807) is 18.4 Å². The number of halogens is 1. The zero-order valence-electron chi connectivity index (χ0n) is 9.77. The molecule has 0 aliphatic carbocycles. The van der Waals surface area contributed by atoms with Crippen molar-refractivity contribution in [2.45, 2.75) is 12.5 Å². The summed E-state index contributed by atoms with van der Waals surface area (Å²) in [6.07, 6.45) is 2.41. The van der Waals surface area contributed by atoms with E-state index in [2.05, 4.69) is 11.4 Å². The van der Waals surface area contributed by atoms with Crippen LogP contribution in [0.2, 0.25) is 5.02 Å². The minimum Gasteiger partial charge on any atom is -0.467 e. The first-order valence-electron chi connectivity index (χ1n) is 5.70. The third-order valence-corrected chi connectivity index (χ3v) is 2.88. The Morgan fingerprint density at radius 2 is 2.06 bits per heavy atom. The summed E-state index contributed by atoms with van der Waals surface area (Å²) in [5, 5.41) is 12.9. The third kappa shape index (κ3) is 3.36. The molecule has 0 saturated carbocycles. The van der Waals surface area contributed by atoms with Crippen LogP contribution in [0.5, 0.6) is 0 Å². The molecular weight excluding hydrogens is 248 g/mol. The Balaban J connectivity index is 1.85. The van der Waals surface area contributed by atoms with Gasteiger partial charge in [-0.15, -0.1) is 0 Å². The molecule has 2 aromatic rings. The standard InChI is InChI=1S/C14H13ClN2O/c15-12-5-3-11(4-6-12)7-8-17-13(10-16)14-2-1-9-18-14/h1-6,9,13,17H,7-8H2. The summed E-state index contributed by atoms with van der Waals surface area (Å²) in [5.74, 6) is 0.647. The minimum absolute atomic E-state index is 0.396. The molecule has 1 aromatic carbocycles. The van der Waals surface area contributed by atoms with Crippen molar-refractivity contribution in [1.29, 1.82) is 5.26 Å². The Morgan fingerprint density at radius 1 is 1.28 bits per heavy atom. The van der Waals surface area contributed by atoms with E-state index in [1.165, 1.54) is 5.56 Å².